The third-order valence-electron chi connectivity index (χ3n) is 4.46. The average Bonchev–Trinajstić information content (AvgIpc) is 3.28. The van der Waals surface area contributed by atoms with Crippen LogP contribution in [0.3, 0.4) is 0 Å². The van der Waals surface area contributed by atoms with Crippen LogP contribution in [0.1, 0.15) is 19.3 Å². The predicted octanol–water partition coefficient (Wildman–Crippen LogP) is 2.32. The van der Waals surface area contributed by atoms with Gasteiger partial charge in [0.25, 0.3) is 0 Å². The average molecular weight is 335 g/mol. The number of rotatable bonds is 4. The molecule has 1 aromatic carbocycles. The highest BCUT2D eigenvalue weighted by molar-refractivity contribution is 5.72. The summed E-state index contributed by atoms with van der Waals surface area (Å²) in [6, 6.07) is 10.1. The molecule has 0 amide bonds. The molecule has 1 aliphatic carbocycles. The first-order valence-corrected chi connectivity index (χ1v) is 8.16. The number of nitrogens with one attached hydrogen (secondary N) is 1. The van der Waals surface area contributed by atoms with Gasteiger partial charge in [0.05, 0.1) is 25.1 Å². The molecule has 1 aliphatic rings. The first kappa shape index (κ1) is 15.3. The van der Waals surface area contributed by atoms with Gasteiger partial charge in [0.2, 0.25) is 5.95 Å². The van der Waals surface area contributed by atoms with Crippen molar-refractivity contribution in [3.8, 4) is 17.5 Å². The lowest BCUT2D eigenvalue weighted by Gasteiger charge is -2.11. The smallest absolute Gasteiger partial charge is 0.225 e. The minimum atomic E-state index is 0.118. The Hall–Kier alpha value is -3.21. The third kappa shape index (κ3) is 2.96. The fraction of sp³-hybridized carbons (Fsp3) is 0.353. The lowest BCUT2D eigenvalue weighted by atomic mass is 10.1. The molecule has 2 atom stereocenters. The van der Waals surface area contributed by atoms with Crippen molar-refractivity contribution in [2.24, 2.45) is 5.92 Å². The number of nitrogens with zero attached hydrogens (tertiary/aromatic N) is 6. The molecular weight excluding hydrogens is 318 g/mol. The van der Waals surface area contributed by atoms with Crippen LogP contribution in [0.4, 0.5) is 5.95 Å². The normalized spacial score (nSPS) is 19.7. The highest BCUT2D eigenvalue weighted by Crippen LogP contribution is 2.27. The van der Waals surface area contributed by atoms with Crippen LogP contribution in [-0.4, -0.2) is 38.1 Å². The van der Waals surface area contributed by atoms with Crippen molar-refractivity contribution >= 4 is 17.1 Å². The van der Waals surface area contributed by atoms with Crippen LogP contribution in [0.25, 0.3) is 16.9 Å². The van der Waals surface area contributed by atoms with Crippen molar-refractivity contribution in [2.75, 3.05) is 12.4 Å². The van der Waals surface area contributed by atoms with Crippen LogP contribution in [0.5, 0.6) is 5.75 Å². The monoisotopic (exact) mass is 335 g/mol. The lowest BCUT2D eigenvalue weighted by Crippen LogP contribution is -2.17. The second-order valence-corrected chi connectivity index (χ2v) is 6.08. The van der Waals surface area contributed by atoms with Gasteiger partial charge in [-0.25, -0.2) is 4.98 Å². The van der Waals surface area contributed by atoms with Crippen molar-refractivity contribution in [3.63, 3.8) is 0 Å². The Kier molecular flexibility index (Phi) is 3.90. The highest BCUT2D eigenvalue weighted by Gasteiger charge is 2.25. The van der Waals surface area contributed by atoms with Crippen LogP contribution < -0.4 is 10.1 Å². The number of ether oxygens (including phenoxy) is 1. The van der Waals surface area contributed by atoms with Gasteiger partial charge >= 0.3 is 0 Å². The lowest BCUT2D eigenvalue weighted by molar-refractivity contribution is 0.414. The number of benzene rings is 1. The van der Waals surface area contributed by atoms with Gasteiger partial charge in [0, 0.05) is 12.0 Å². The molecule has 0 spiro atoms. The Morgan fingerprint density at radius 3 is 2.84 bits per heavy atom. The molecular formula is C17H17N7O. The molecule has 0 saturated heterocycles. The maximum atomic E-state index is 9.03. The zero-order valence-electron chi connectivity index (χ0n) is 13.8. The fourth-order valence-electron chi connectivity index (χ4n) is 3.11. The van der Waals surface area contributed by atoms with Gasteiger partial charge in [-0.3, -0.25) is 0 Å². The molecule has 2 heterocycles. The van der Waals surface area contributed by atoms with E-state index < -0.39 is 0 Å². The van der Waals surface area contributed by atoms with Gasteiger partial charge in [-0.15, -0.1) is 5.10 Å². The molecule has 4 rings (SSSR count). The van der Waals surface area contributed by atoms with Gasteiger partial charge in [-0.1, -0.05) is 5.21 Å². The van der Waals surface area contributed by atoms with Gasteiger partial charge < -0.3 is 10.1 Å². The largest absolute Gasteiger partial charge is 0.497 e. The summed E-state index contributed by atoms with van der Waals surface area (Å²) >= 11 is 0. The van der Waals surface area contributed by atoms with Crippen LogP contribution in [0.15, 0.2) is 30.5 Å². The molecule has 1 N–H and O–H groups in total. The summed E-state index contributed by atoms with van der Waals surface area (Å²) in [4.78, 5) is 8.88. The van der Waals surface area contributed by atoms with E-state index in [0.29, 0.717) is 17.1 Å². The standard InChI is InChI=1S/C17H17N7O/c1-25-14-6-4-13(5-7-14)24-16-15(22-23-24)10-19-17(21-16)20-12-3-2-11(8-12)9-18/h4-7,10-12H,2-3,8H2,1H3,(H,19,20,21)/t11-,12+/m0/s1. The first-order valence-electron chi connectivity index (χ1n) is 8.16. The Balaban J connectivity index is 1.62. The molecule has 0 unspecified atom stereocenters. The Labute approximate surface area is 144 Å². The molecule has 3 aromatic rings. The number of anilines is 1. The van der Waals surface area contributed by atoms with Crippen LogP contribution in [-0.2, 0) is 0 Å². The molecule has 25 heavy (non-hydrogen) atoms. The number of hydrogen-bond acceptors (Lipinski definition) is 7. The summed E-state index contributed by atoms with van der Waals surface area (Å²) in [5, 5.41) is 20.6. The van der Waals surface area contributed by atoms with Gasteiger partial charge in [0.15, 0.2) is 11.2 Å². The molecule has 1 saturated carbocycles. The maximum absolute atomic E-state index is 9.03. The molecule has 1 fully saturated rings. The molecule has 8 heteroatoms. The van der Waals surface area contributed by atoms with E-state index in [-0.39, 0.29) is 12.0 Å². The van der Waals surface area contributed by atoms with Gasteiger partial charge in [-0.05, 0) is 43.5 Å². The molecule has 0 radical (unpaired) electrons. The Bertz CT molecular complexity index is 928. The van der Waals surface area contributed by atoms with Crippen molar-refractivity contribution < 1.29 is 4.74 Å². The van der Waals surface area contributed by atoms with E-state index in [0.717, 1.165) is 30.7 Å². The summed E-state index contributed by atoms with van der Waals surface area (Å²) in [6.45, 7) is 0. The number of fused-ring (bicyclic) bond motifs is 1. The minimum absolute atomic E-state index is 0.118. The predicted molar refractivity (Wildman–Crippen MR) is 91.4 cm³/mol. The number of methoxy groups -OCH3 is 1. The van der Waals surface area contributed by atoms with Crippen molar-refractivity contribution in [2.45, 2.75) is 25.3 Å². The minimum Gasteiger partial charge on any atom is -0.497 e. The second-order valence-electron chi connectivity index (χ2n) is 6.08. The van der Waals surface area contributed by atoms with E-state index in [4.69, 9.17) is 10.00 Å². The highest BCUT2D eigenvalue weighted by atomic mass is 16.5. The molecule has 2 aromatic heterocycles. The maximum Gasteiger partial charge on any atom is 0.225 e. The van der Waals surface area contributed by atoms with Crippen molar-refractivity contribution in [3.05, 3.63) is 30.5 Å². The number of hydrogen-bond donors (Lipinski definition) is 1. The number of aromatic nitrogens is 5. The van der Waals surface area contributed by atoms with Crippen LogP contribution in [0.2, 0.25) is 0 Å². The van der Waals surface area contributed by atoms with E-state index in [2.05, 4.69) is 31.7 Å². The van der Waals surface area contributed by atoms with E-state index in [1.54, 1.807) is 18.0 Å². The van der Waals surface area contributed by atoms with Crippen molar-refractivity contribution in [1.82, 2.24) is 25.0 Å². The summed E-state index contributed by atoms with van der Waals surface area (Å²) in [6.07, 6.45) is 4.36. The summed E-state index contributed by atoms with van der Waals surface area (Å²) < 4.78 is 6.86. The zero-order chi connectivity index (χ0) is 17.2. The number of nitriles is 1. The van der Waals surface area contributed by atoms with Crippen LogP contribution >= 0.6 is 0 Å². The summed E-state index contributed by atoms with van der Waals surface area (Å²) in [7, 11) is 1.63. The second kappa shape index (κ2) is 6.36. The van der Waals surface area contributed by atoms with E-state index >= 15 is 0 Å². The third-order valence-corrected chi connectivity index (χ3v) is 4.46. The molecule has 8 nitrogen and oxygen atoms in total. The van der Waals surface area contributed by atoms with Crippen molar-refractivity contribution in [1.29, 1.82) is 5.26 Å². The SMILES string of the molecule is COc1ccc(-n2nnc3cnc(N[C@@H]4CC[C@H](C#N)C4)nc32)cc1. The first-order chi connectivity index (χ1) is 12.3. The molecule has 126 valence electrons. The zero-order valence-corrected chi connectivity index (χ0v) is 13.8. The summed E-state index contributed by atoms with van der Waals surface area (Å²) in [5.41, 5.74) is 2.11. The molecule has 0 bridgehead atoms. The topological polar surface area (TPSA) is 102 Å². The summed E-state index contributed by atoms with van der Waals surface area (Å²) in [5.74, 6) is 1.43. The van der Waals surface area contributed by atoms with Gasteiger partial charge in [-0.2, -0.15) is 14.9 Å². The van der Waals surface area contributed by atoms with E-state index in [1.807, 2.05) is 24.3 Å². The van der Waals surface area contributed by atoms with Crippen LogP contribution in [0, 0.1) is 17.2 Å². The molecule has 0 aliphatic heterocycles. The fourth-order valence-corrected chi connectivity index (χ4v) is 3.11. The quantitative estimate of drug-likeness (QED) is 0.780. The Morgan fingerprint density at radius 1 is 1.28 bits per heavy atom. The van der Waals surface area contributed by atoms with Gasteiger partial charge in [0.1, 0.15) is 5.75 Å². The van der Waals surface area contributed by atoms with E-state index in [9.17, 15) is 0 Å². The Morgan fingerprint density at radius 2 is 2.12 bits per heavy atom. The van der Waals surface area contributed by atoms with E-state index in [1.165, 1.54) is 0 Å².